The van der Waals surface area contributed by atoms with Gasteiger partial charge in [0, 0.05) is 0 Å². The van der Waals surface area contributed by atoms with E-state index in [1.54, 1.807) is 0 Å². The molecule has 204 valence electrons. The SMILES string of the molecule is O=C(O)C(F)(C(F)(F)C(F)(F)C(F)(F)C(F)(F)C(F)(F)C(F)(F)F)S(=O)(=O)C(F)(F)C(F)(F)F. The molecule has 34 heavy (non-hydrogen) atoms. The van der Waals surface area contributed by atoms with Crippen LogP contribution in [-0.2, 0) is 14.6 Å². The number of carboxylic acid groups (broad SMARTS) is 1. The van der Waals surface area contributed by atoms with Crippen molar-refractivity contribution in [3.63, 3.8) is 0 Å². The van der Waals surface area contributed by atoms with Gasteiger partial charge in [0.15, 0.2) is 0 Å². The quantitative estimate of drug-likeness (QED) is 0.410. The summed E-state index contributed by atoms with van der Waals surface area (Å²) in [7, 11) is -9.51. The fraction of sp³-hybridized carbons (Fsp3) is 0.900. The standard InChI is InChI=1S/C10HF19O4S/c11-2(1(30)31,34(32,33)10(28,29)9(25,26)27)3(12,13)4(14,15)5(16,17)6(18,19)7(20,21)8(22,23)24/h(H,30,31). The molecule has 0 rings (SSSR count). The van der Waals surface area contributed by atoms with E-state index < -0.39 is 68.0 Å². The van der Waals surface area contributed by atoms with E-state index in [0.717, 1.165) is 0 Å². The van der Waals surface area contributed by atoms with Gasteiger partial charge in [-0.05, 0) is 0 Å². The lowest BCUT2D eigenvalue weighted by molar-refractivity contribution is -0.443. The van der Waals surface area contributed by atoms with Crippen molar-refractivity contribution in [1.29, 1.82) is 0 Å². The molecule has 0 aromatic carbocycles. The van der Waals surface area contributed by atoms with Crippen molar-refractivity contribution in [3.8, 4) is 0 Å². The molecule has 0 spiro atoms. The Bertz CT molecular complexity index is 912. The molecule has 0 amide bonds. The number of carboxylic acids is 1. The van der Waals surface area contributed by atoms with Crippen LogP contribution in [0.25, 0.3) is 0 Å². The van der Waals surface area contributed by atoms with Gasteiger partial charge in [-0.25, -0.2) is 17.6 Å². The summed E-state index contributed by atoms with van der Waals surface area (Å²) >= 11 is 0. The Morgan fingerprint density at radius 3 is 0.971 bits per heavy atom. The molecule has 1 atom stereocenters. The average molecular weight is 578 g/mol. The van der Waals surface area contributed by atoms with Crippen LogP contribution in [0.3, 0.4) is 0 Å². The number of sulfone groups is 1. The number of carbonyl (C=O) groups is 1. The predicted molar refractivity (Wildman–Crippen MR) is 62.2 cm³/mol. The fourth-order valence-corrected chi connectivity index (χ4v) is 3.07. The Balaban J connectivity index is 7.49. The first-order valence-corrected chi connectivity index (χ1v) is 8.24. The van der Waals surface area contributed by atoms with Gasteiger partial charge in [-0.1, -0.05) is 0 Å². The zero-order chi connectivity index (χ0) is 28.6. The number of hydrogen-bond donors (Lipinski definition) is 1. The van der Waals surface area contributed by atoms with Crippen molar-refractivity contribution < 1.29 is 102 Å². The summed E-state index contributed by atoms with van der Waals surface area (Å²) in [4.78, 5) is 10.4. The second-order valence-corrected chi connectivity index (χ2v) is 7.87. The van der Waals surface area contributed by atoms with Gasteiger partial charge in [0.1, 0.15) is 0 Å². The molecule has 4 nitrogen and oxygen atoms in total. The number of alkyl halides is 19. The fourth-order valence-electron chi connectivity index (χ4n) is 1.72. The minimum atomic E-state index is -9.51. The maximum Gasteiger partial charge on any atom is 0.469 e. The molecule has 0 saturated heterocycles. The lowest BCUT2D eigenvalue weighted by atomic mass is 9.91. The highest BCUT2D eigenvalue weighted by molar-refractivity contribution is 7.94. The number of aliphatic carboxylic acids is 1. The molecule has 0 fully saturated rings. The highest BCUT2D eigenvalue weighted by atomic mass is 32.2. The Kier molecular flexibility index (Phi) is 7.12. The van der Waals surface area contributed by atoms with E-state index in [-0.39, 0.29) is 0 Å². The zero-order valence-electron chi connectivity index (χ0n) is 14.3. The highest BCUT2D eigenvalue weighted by Crippen LogP contribution is 2.64. The van der Waals surface area contributed by atoms with Crippen LogP contribution >= 0.6 is 0 Å². The van der Waals surface area contributed by atoms with Crippen LogP contribution in [0.4, 0.5) is 83.4 Å². The van der Waals surface area contributed by atoms with E-state index in [9.17, 15) is 96.6 Å². The molecular weight excluding hydrogens is 577 g/mol. The van der Waals surface area contributed by atoms with Gasteiger partial charge in [0.25, 0.3) is 9.84 Å². The molecule has 0 saturated carbocycles. The van der Waals surface area contributed by atoms with E-state index in [2.05, 4.69) is 0 Å². The molecule has 0 aromatic heterocycles. The summed E-state index contributed by atoms with van der Waals surface area (Å²) in [6.45, 7) is 0. The molecule has 0 bridgehead atoms. The summed E-state index contributed by atoms with van der Waals surface area (Å²) in [6, 6.07) is 0. The predicted octanol–water partition coefficient (Wildman–Crippen LogP) is 5.05. The lowest BCUT2D eigenvalue weighted by Crippen LogP contribution is -2.76. The Morgan fingerprint density at radius 1 is 0.471 bits per heavy atom. The third kappa shape index (κ3) is 3.52. The maximum atomic E-state index is 14.1. The summed E-state index contributed by atoms with van der Waals surface area (Å²) in [5.41, 5.74) is 0. The third-order valence-electron chi connectivity index (χ3n) is 3.65. The van der Waals surface area contributed by atoms with Gasteiger partial charge < -0.3 is 5.11 Å². The summed E-state index contributed by atoms with van der Waals surface area (Å²) in [6.07, 6.45) is -15.9. The molecule has 0 aliphatic heterocycles. The first kappa shape index (κ1) is 32.1. The number of hydrogen-bond acceptors (Lipinski definition) is 3. The van der Waals surface area contributed by atoms with Gasteiger partial charge in [0.2, 0.25) is 0 Å². The van der Waals surface area contributed by atoms with E-state index in [1.807, 2.05) is 0 Å². The first-order valence-electron chi connectivity index (χ1n) is 6.76. The van der Waals surface area contributed by atoms with Crippen molar-refractivity contribution in [2.75, 3.05) is 0 Å². The monoisotopic (exact) mass is 578 g/mol. The molecule has 0 aliphatic rings. The molecule has 24 heteroatoms. The van der Waals surface area contributed by atoms with Crippen molar-refractivity contribution in [2.45, 2.75) is 52.2 Å². The molecule has 0 aliphatic carbocycles. The minimum Gasteiger partial charge on any atom is -0.478 e. The van der Waals surface area contributed by atoms with Gasteiger partial charge in [-0.15, -0.1) is 0 Å². The normalized spacial score (nSPS) is 18.0. The molecule has 1 unspecified atom stereocenters. The maximum absolute atomic E-state index is 14.1. The van der Waals surface area contributed by atoms with Gasteiger partial charge >= 0.3 is 58.2 Å². The molecule has 0 aromatic rings. The minimum absolute atomic E-state index is 5.15. The van der Waals surface area contributed by atoms with Crippen LogP contribution in [0, 0.1) is 0 Å². The Morgan fingerprint density at radius 2 is 0.735 bits per heavy atom. The number of rotatable bonds is 8. The van der Waals surface area contributed by atoms with Crippen LogP contribution in [-0.4, -0.2) is 71.7 Å². The topological polar surface area (TPSA) is 71.4 Å². The average Bonchev–Trinajstić information content (AvgIpc) is 2.57. The smallest absolute Gasteiger partial charge is 0.469 e. The molecule has 0 radical (unpaired) electrons. The summed E-state index contributed by atoms with van der Waals surface area (Å²) in [5.74, 6) is -49.8. The largest absolute Gasteiger partial charge is 0.478 e. The van der Waals surface area contributed by atoms with E-state index in [1.165, 1.54) is 0 Å². The third-order valence-corrected chi connectivity index (χ3v) is 5.73. The van der Waals surface area contributed by atoms with Crippen molar-refractivity contribution in [2.24, 2.45) is 0 Å². The van der Waals surface area contributed by atoms with E-state index >= 15 is 0 Å². The van der Waals surface area contributed by atoms with E-state index in [0.29, 0.717) is 0 Å². The second kappa shape index (κ2) is 7.54. The van der Waals surface area contributed by atoms with Crippen LogP contribution in [0.2, 0.25) is 0 Å². The van der Waals surface area contributed by atoms with Crippen molar-refractivity contribution in [3.05, 3.63) is 0 Å². The van der Waals surface area contributed by atoms with Gasteiger partial charge in [-0.3, -0.25) is 0 Å². The lowest BCUT2D eigenvalue weighted by Gasteiger charge is -2.42. The van der Waals surface area contributed by atoms with Gasteiger partial charge in [0.05, 0.1) is 0 Å². The van der Waals surface area contributed by atoms with Crippen LogP contribution in [0.15, 0.2) is 0 Å². The zero-order valence-corrected chi connectivity index (χ0v) is 15.1. The van der Waals surface area contributed by atoms with Crippen LogP contribution in [0.5, 0.6) is 0 Å². The Hall–Kier alpha value is -1.91. The summed E-state index contributed by atoms with van der Waals surface area (Å²) in [5, 5.41) is -8.59. The molecule has 1 N–H and O–H groups in total. The second-order valence-electron chi connectivity index (χ2n) is 5.79. The van der Waals surface area contributed by atoms with Gasteiger partial charge in [-0.2, -0.15) is 79.0 Å². The molecular formula is C10HF19O4S. The van der Waals surface area contributed by atoms with Crippen LogP contribution in [0.1, 0.15) is 0 Å². The number of halogens is 19. The highest BCUT2D eigenvalue weighted by Gasteiger charge is 2.96. The Labute approximate surface area is 171 Å². The first-order chi connectivity index (χ1) is 14.2. The van der Waals surface area contributed by atoms with Crippen molar-refractivity contribution >= 4 is 15.8 Å². The molecule has 0 heterocycles. The van der Waals surface area contributed by atoms with E-state index in [4.69, 9.17) is 5.11 Å². The summed E-state index contributed by atoms with van der Waals surface area (Å²) < 4.78 is 266. The van der Waals surface area contributed by atoms with Crippen LogP contribution < -0.4 is 0 Å². The van der Waals surface area contributed by atoms with Crippen molar-refractivity contribution in [1.82, 2.24) is 0 Å².